The summed E-state index contributed by atoms with van der Waals surface area (Å²) >= 11 is 0. The standard InChI is InChI=1S/C36H64N8.Cu/c1-2-3-11-20-12-10-19-27-28(20)36-43-34-26-18-9-8-17-25(26)32(41-34)39-30-22-14-5-4-13-21(22)29(37-30)38-31-23-15-6-7-16-24(23)33(40-31)42-35(27)44-36;/h20-44H,2-19H2,1H3;. The molecule has 8 bridgehead atoms. The van der Waals surface area contributed by atoms with Gasteiger partial charge in [-0.1, -0.05) is 77.6 Å². The molecule has 0 aromatic carbocycles. The molecule has 8 nitrogen and oxygen atoms in total. The molecule has 5 heterocycles. The summed E-state index contributed by atoms with van der Waals surface area (Å²) in [4.78, 5) is 0. The van der Waals surface area contributed by atoms with Crippen LogP contribution in [-0.2, 0) is 17.1 Å². The number of rotatable bonds is 3. The summed E-state index contributed by atoms with van der Waals surface area (Å²) in [6.45, 7) is 2.38. The fourth-order valence-electron chi connectivity index (χ4n) is 13.0. The molecule has 9 heteroatoms. The van der Waals surface area contributed by atoms with E-state index in [1.54, 1.807) is 0 Å². The van der Waals surface area contributed by atoms with Gasteiger partial charge >= 0.3 is 0 Å². The van der Waals surface area contributed by atoms with Gasteiger partial charge in [-0.3, -0.25) is 42.5 Å². The first-order valence-corrected chi connectivity index (χ1v) is 19.8. The second kappa shape index (κ2) is 13.8. The van der Waals surface area contributed by atoms with Gasteiger partial charge in [0, 0.05) is 17.1 Å². The minimum absolute atomic E-state index is 0. The normalized spacial score (nSPS) is 53.9. The molecule has 9 fully saturated rings. The molecule has 0 spiro atoms. The zero-order chi connectivity index (χ0) is 29.2. The molecule has 5 aliphatic heterocycles. The Morgan fingerprint density at radius 2 is 0.689 bits per heavy atom. The molecule has 17 unspecified atom stereocenters. The van der Waals surface area contributed by atoms with Crippen LogP contribution < -0.4 is 42.5 Å². The molecule has 17 atom stereocenters. The molecule has 0 aromatic rings. The summed E-state index contributed by atoms with van der Waals surface area (Å²) in [5.41, 5.74) is 0. The summed E-state index contributed by atoms with van der Waals surface area (Å²) in [7, 11) is 0. The van der Waals surface area contributed by atoms with Crippen molar-refractivity contribution in [2.75, 3.05) is 0 Å². The third kappa shape index (κ3) is 5.93. The predicted octanol–water partition coefficient (Wildman–Crippen LogP) is 4.02. The molecule has 45 heavy (non-hydrogen) atoms. The van der Waals surface area contributed by atoms with Gasteiger partial charge in [-0.25, -0.2) is 0 Å². The van der Waals surface area contributed by atoms with Crippen LogP contribution in [0.4, 0.5) is 0 Å². The van der Waals surface area contributed by atoms with Gasteiger partial charge in [0.2, 0.25) is 0 Å². The van der Waals surface area contributed by atoms with Crippen LogP contribution in [0.5, 0.6) is 0 Å². The van der Waals surface area contributed by atoms with Crippen molar-refractivity contribution in [2.45, 2.75) is 172 Å². The maximum absolute atomic E-state index is 4.37. The Balaban J connectivity index is 0.00000300. The number of unbranched alkanes of at least 4 members (excludes halogenated alkanes) is 1. The van der Waals surface area contributed by atoms with Gasteiger partial charge in [0.05, 0.1) is 49.3 Å². The largest absolute Gasteiger partial charge is 0.286 e. The van der Waals surface area contributed by atoms with E-state index in [2.05, 4.69) is 49.5 Å². The summed E-state index contributed by atoms with van der Waals surface area (Å²) < 4.78 is 0. The van der Waals surface area contributed by atoms with E-state index in [1.165, 1.54) is 116 Å². The molecule has 8 N–H and O–H groups in total. The number of hydrogen-bond donors (Lipinski definition) is 8. The average molecular weight is 673 g/mol. The van der Waals surface area contributed by atoms with E-state index in [4.69, 9.17) is 0 Å². The molecule has 9 rings (SSSR count). The Kier molecular flexibility index (Phi) is 9.97. The van der Waals surface area contributed by atoms with Crippen molar-refractivity contribution in [3.63, 3.8) is 0 Å². The van der Waals surface area contributed by atoms with E-state index in [0.29, 0.717) is 49.3 Å². The first-order valence-electron chi connectivity index (χ1n) is 19.8. The van der Waals surface area contributed by atoms with E-state index in [-0.39, 0.29) is 17.1 Å². The van der Waals surface area contributed by atoms with Crippen molar-refractivity contribution >= 4 is 0 Å². The van der Waals surface area contributed by atoms with Crippen LogP contribution in [0.3, 0.4) is 0 Å². The second-order valence-corrected chi connectivity index (χ2v) is 17.1. The third-order valence-electron chi connectivity index (χ3n) is 15.0. The van der Waals surface area contributed by atoms with Crippen molar-refractivity contribution in [2.24, 2.45) is 53.3 Å². The molecule has 5 saturated heterocycles. The summed E-state index contributed by atoms with van der Waals surface area (Å²) in [5.74, 6) is 6.75. The molecule has 0 amide bonds. The quantitative estimate of drug-likeness (QED) is 0.214. The van der Waals surface area contributed by atoms with Gasteiger partial charge in [0.1, 0.15) is 0 Å². The topological polar surface area (TPSA) is 96.2 Å². The molecule has 4 saturated carbocycles. The number of fused-ring (bicyclic) bond motifs is 20. The smallest absolute Gasteiger partial charge is 0.0631 e. The SMILES string of the molecule is CCCCC1CCCC2C3NC4NC(NC5NC(NC6NC(NC(N3)C12)C1CCCCC61)C1CCCCC51)C1CCCCC41.[Cu]. The van der Waals surface area contributed by atoms with Crippen molar-refractivity contribution in [3.05, 3.63) is 0 Å². The third-order valence-corrected chi connectivity index (χ3v) is 15.0. The zero-order valence-electron chi connectivity index (χ0n) is 27.8. The Labute approximate surface area is 283 Å². The predicted molar refractivity (Wildman–Crippen MR) is 176 cm³/mol. The summed E-state index contributed by atoms with van der Waals surface area (Å²) in [6.07, 6.45) is 28.3. The average Bonchev–Trinajstić information content (AvgIpc) is 3.79. The van der Waals surface area contributed by atoms with Crippen LogP contribution in [0.2, 0.25) is 0 Å². The van der Waals surface area contributed by atoms with Gasteiger partial charge in [-0.2, -0.15) is 0 Å². The Bertz CT molecular complexity index is 1000. The van der Waals surface area contributed by atoms with Crippen molar-refractivity contribution < 1.29 is 17.1 Å². The van der Waals surface area contributed by atoms with E-state index >= 15 is 0 Å². The molecule has 0 aromatic heterocycles. The van der Waals surface area contributed by atoms with Crippen molar-refractivity contribution in [3.8, 4) is 0 Å². The Hall–Kier alpha value is 0.199. The molecule has 259 valence electrons. The fourth-order valence-corrected chi connectivity index (χ4v) is 13.0. The first kappa shape index (κ1) is 32.4. The monoisotopic (exact) mass is 671 g/mol. The maximum Gasteiger partial charge on any atom is 0.0631 e. The minimum atomic E-state index is 0. The van der Waals surface area contributed by atoms with Crippen molar-refractivity contribution in [1.29, 1.82) is 0 Å². The number of hydrogen-bond acceptors (Lipinski definition) is 8. The minimum Gasteiger partial charge on any atom is -0.286 e. The van der Waals surface area contributed by atoms with Gasteiger partial charge in [-0.15, -0.1) is 0 Å². The van der Waals surface area contributed by atoms with Gasteiger partial charge in [0.15, 0.2) is 0 Å². The van der Waals surface area contributed by atoms with Crippen LogP contribution in [0.15, 0.2) is 0 Å². The summed E-state index contributed by atoms with van der Waals surface area (Å²) in [6, 6.07) is 0. The molecule has 4 aliphatic carbocycles. The van der Waals surface area contributed by atoms with E-state index in [9.17, 15) is 0 Å². The van der Waals surface area contributed by atoms with Crippen LogP contribution in [0.1, 0.15) is 122 Å². The molecular formula is C36H64CuN8. The van der Waals surface area contributed by atoms with Crippen LogP contribution >= 0.6 is 0 Å². The Morgan fingerprint density at radius 3 is 1.04 bits per heavy atom. The maximum atomic E-state index is 4.37. The van der Waals surface area contributed by atoms with E-state index in [0.717, 1.165) is 53.3 Å². The van der Waals surface area contributed by atoms with Crippen LogP contribution in [0, 0.1) is 53.3 Å². The van der Waals surface area contributed by atoms with Gasteiger partial charge < -0.3 is 0 Å². The van der Waals surface area contributed by atoms with Gasteiger partial charge in [0.25, 0.3) is 0 Å². The first-order chi connectivity index (χ1) is 21.7. The van der Waals surface area contributed by atoms with E-state index in [1.807, 2.05) is 0 Å². The van der Waals surface area contributed by atoms with Crippen LogP contribution in [-0.4, -0.2) is 49.3 Å². The fraction of sp³-hybridized carbons (Fsp3) is 1.00. The zero-order valence-corrected chi connectivity index (χ0v) is 28.8. The van der Waals surface area contributed by atoms with Crippen LogP contribution in [0.25, 0.3) is 0 Å². The number of nitrogens with one attached hydrogen (secondary N) is 8. The molecular weight excluding hydrogens is 608 g/mol. The second-order valence-electron chi connectivity index (χ2n) is 17.1. The summed E-state index contributed by atoms with van der Waals surface area (Å²) in [5, 5.41) is 34.3. The van der Waals surface area contributed by atoms with Gasteiger partial charge in [-0.05, 0) is 98.2 Å². The molecule has 1 radical (unpaired) electrons. The van der Waals surface area contributed by atoms with Crippen molar-refractivity contribution in [1.82, 2.24) is 42.5 Å². The van der Waals surface area contributed by atoms with E-state index < -0.39 is 0 Å². The molecule has 9 aliphatic rings. The Morgan fingerprint density at radius 1 is 0.378 bits per heavy atom.